The van der Waals surface area contributed by atoms with E-state index in [1.54, 1.807) is 0 Å². The van der Waals surface area contributed by atoms with Crippen LogP contribution in [0.25, 0.3) is 0 Å². The molecule has 4 heteroatoms. The largest absolute Gasteiger partial charge is 0.396 e. The van der Waals surface area contributed by atoms with Crippen LogP contribution in [0.2, 0.25) is 0 Å². The second-order valence-corrected chi connectivity index (χ2v) is 5.89. The van der Waals surface area contributed by atoms with Crippen LogP contribution in [-0.4, -0.2) is 30.7 Å². The molecular formula is C17H26N2O2. The number of hydrogen-bond acceptors (Lipinski definition) is 3. The first-order valence-electron chi connectivity index (χ1n) is 7.93. The van der Waals surface area contributed by atoms with Crippen LogP contribution in [0.4, 0.5) is 0 Å². The highest BCUT2D eigenvalue weighted by Crippen LogP contribution is 2.29. The van der Waals surface area contributed by atoms with E-state index < -0.39 is 0 Å². The smallest absolute Gasteiger partial charge is 0.251 e. The molecule has 1 amide bonds. The molecule has 0 saturated heterocycles. The zero-order valence-corrected chi connectivity index (χ0v) is 12.6. The predicted molar refractivity (Wildman–Crippen MR) is 84.1 cm³/mol. The normalized spacial score (nSPS) is 22.0. The summed E-state index contributed by atoms with van der Waals surface area (Å²) in [5, 5.41) is 12.5. The van der Waals surface area contributed by atoms with Crippen molar-refractivity contribution in [2.24, 2.45) is 17.6 Å². The predicted octanol–water partition coefficient (Wildman–Crippen LogP) is 1.72. The van der Waals surface area contributed by atoms with Gasteiger partial charge in [-0.3, -0.25) is 4.79 Å². The van der Waals surface area contributed by atoms with Gasteiger partial charge in [-0.2, -0.15) is 0 Å². The first-order valence-corrected chi connectivity index (χ1v) is 7.93. The highest BCUT2D eigenvalue weighted by Gasteiger charge is 2.25. The summed E-state index contributed by atoms with van der Waals surface area (Å²) in [6, 6.07) is 7.63. The SMILES string of the molecule is NCCc1ccccc1C(=O)NCC1CCCCC1CO. The Labute approximate surface area is 126 Å². The second kappa shape index (κ2) is 8.15. The fraction of sp³-hybridized carbons (Fsp3) is 0.588. The monoisotopic (exact) mass is 290 g/mol. The molecule has 1 aliphatic carbocycles. The molecule has 2 unspecified atom stereocenters. The lowest BCUT2D eigenvalue weighted by Crippen LogP contribution is -2.35. The van der Waals surface area contributed by atoms with Crippen molar-refractivity contribution in [1.82, 2.24) is 5.32 Å². The maximum Gasteiger partial charge on any atom is 0.251 e. The summed E-state index contributed by atoms with van der Waals surface area (Å²) in [4.78, 5) is 12.4. The van der Waals surface area contributed by atoms with Crippen molar-refractivity contribution in [3.05, 3.63) is 35.4 Å². The molecule has 1 saturated carbocycles. The maximum atomic E-state index is 12.4. The third-order valence-electron chi connectivity index (χ3n) is 4.50. The fourth-order valence-corrected chi connectivity index (χ4v) is 3.23. The lowest BCUT2D eigenvalue weighted by atomic mass is 9.79. The Bertz CT molecular complexity index is 462. The fourth-order valence-electron chi connectivity index (χ4n) is 3.23. The standard InChI is InChI=1S/C17H26N2O2/c18-10-9-13-5-3-4-8-16(13)17(21)19-11-14-6-1-2-7-15(14)12-20/h3-5,8,14-15,20H,1-2,6-7,9-12,18H2,(H,19,21). The van der Waals surface area contributed by atoms with Crippen molar-refractivity contribution in [2.75, 3.05) is 19.7 Å². The highest BCUT2D eigenvalue weighted by molar-refractivity contribution is 5.95. The lowest BCUT2D eigenvalue weighted by molar-refractivity contribution is 0.0908. The molecule has 1 fully saturated rings. The van der Waals surface area contributed by atoms with E-state index in [1.165, 1.54) is 12.8 Å². The zero-order chi connectivity index (χ0) is 15.1. The van der Waals surface area contributed by atoms with Crippen molar-refractivity contribution in [1.29, 1.82) is 0 Å². The molecule has 21 heavy (non-hydrogen) atoms. The average Bonchev–Trinajstić information content (AvgIpc) is 2.53. The number of nitrogens with two attached hydrogens (primary N) is 1. The van der Waals surface area contributed by atoms with E-state index in [-0.39, 0.29) is 12.5 Å². The minimum Gasteiger partial charge on any atom is -0.396 e. The molecule has 116 valence electrons. The molecule has 0 radical (unpaired) electrons. The van der Waals surface area contributed by atoms with Gasteiger partial charge >= 0.3 is 0 Å². The minimum atomic E-state index is -0.0266. The number of carbonyl (C=O) groups excluding carboxylic acids is 1. The van der Waals surface area contributed by atoms with Crippen LogP contribution in [0, 0.1) is 11.8 Å². The Balaban J connectivity index is 1.95. The number of amides is 1. The van der Waals surface area contributed by atoms with Crippen LogP contribution in [-0.2, 0) is 6.42 Å². The average molecular weight is 290 g/mol. The molecule has 1 aromatic carbocycles. The van der Waals surface area contributed by atoms with Crippen LogP contribution in [0.5, 0.6) is 0 Å². The van der Waals surface area contributed by atoms with E-state index in [2.05, 4.69) is 5.32 Å². The van der Waals surface area contributed by atoms with Gasteiger partial charge in [-0.1, -0.05) is 31.0 Å². The lowest BCUT2D eigenvalue weighted by Gasteiger charge is -2.30. The van der Waals surface area contributed by atoms with Gasteiger partial charge in [-0.15, -0.1) is 0 Å². The van der Waals surface area contributed by atoms with E-state index >= 15 is 0 Å². The summed E-state index contributed by atoms with van der Waals surface area (Å²) in [5.74, 6) is 0.703. The molecule has 2 rings (SSSR count). The molecule has 2 atom stereocenters. The summed E-state index contributed by atoms with van der Waals surface area (Å²) in [5.41, 5.74) is 7.32. The van der Waals surface area contributed by atoms with Crippen molar-refractivity contribution in [3.63, 3.8) is 0 Å². The van der Waals surface area contributed by atoms with Crippen molar-refractivity contribution in [2.45, 2.75) is 32.1 Å². The number of rotatable bonds is 6. The third kappa shape index (κ3) is 4.29. The zero-order valence-electron chi connectivity index (χ0n) is 12.6. The van der Waals surface area contributed by atoms with E-state index in [9.17, 15) is 9.90 Å². The van der Waals surface area contributed by atoms with E-state index in [0.717, 1.165) is 24.0 Å². The van der Waals surface area contributed by atoms with E-state index in [1.807, 2.05) is 24.3 Å². The van der Waals surface area contributed by atoms with Gasteiger partial charge in [0.05, 0.1) is 0 Å². The molecule has 1 aromatic rings. The molecule has 0 spiro atoms. The quantitative estimate of drug-likeness (QED) is 0.746. The van der Waals surface area contributed by atoms with Gasteiger partial charge in [0.15, 0.2) is 0 Å². The second-order valence-electron chi connectivity index (χ2n) is 5.89. The van der Waals surface area contributed by atoms with Crippen molar-refractivity contribution < 1.29 is 9.90 Å². The van der Waals surface area contributed by atoms with Gasteiger partial charge in [0, 0.05) is 18.7 Å². The Morgan fingerprint density at radius 3 is 2.67 bits per heavy atom. The summed E-state index contributed by atoms with van der Waals surface area (Å²) >= 11 is 0. The summed E-state index contributed by atoms with van der Waals surface area (Å²) in [6.07, 6.45) is 5.26. The topological polar surface area (TPSA) is 75.4 Å². The molecule has 1 aliphatic rings. The van der Waals surface area contributed by atoms with Gasteiger partial charge in [-0.25, -0.2) is 0 Å². The Kier molecular flexibility index (Phi) is 6.21. The molecule has 4 N–H and O–H groups in total. The Morgan fingerprint density at radius 1 is 1.24 bits per heavy atom. The summed E-state index contributed by atoms with van der Waals surface area (Å²) in [7, 11) is 0. The summed E-state index contributed by atoms with van der Waals surface area (Å²) < 4.78 is 0. The number of aliphatic hydroxyl groups is 1. The van der Waals surface area contributed by atoms with Gasteiger partial charge in [0.1, 0.15) is 0 Å². The molecular weight excluding hydrogens is 264 g/mol. The molecule has 4 nitrogen and oxygen atoms in total. The first kappa shape index (κ1) is 16.0. The van der Waals surface area contributed by atoms with Gasteiger partial charge in [-0.05, 0) is 49.3 Å². The number of aliphatic hydroxyl groups excluding tert-OH is 1. The highest BCUT2D eigenvalue weighted by atomic mass is 16.3. The molecule has 0 bridgehead atoms. The third-order valence-corrected chi connectivity index (χ3v) is 4.50. The van der Waals surface area contributed by atoms with Crippen molar-refractivity contribution >= 4 is 5.91 Å². The van der Waals surface area contributed by atoms with E-state index in [4.69, 9.17) is 5.73 Å². The molecule has 0 aliphatic heterocycles. The van der Waals surface area contributed by atoms with Crippen molar-refractivity contribution in [3.8, 4) is 0 Å². The van der Waals surface area contributed by atoms with Crippen LogP contribution in [0.1, 0.15) is 41.6 Å². The van der Waals surface area contributed by atoms with Crippen LogP contribution < -0.4 is 11.1 Å². The minimum absolute atomic E-state index is 0.0266. The Morgan fingerprint density at radius 2 is 1.95 bits per heavy atom. The first-order chi connectivity index (χ1) is 10.3. The van der Waals surface area contributed by atoms with Gasteiger partial charge in [0.25, 0.3) is 5.91 Å². The summed E-state index contributed by atoms with van der Waals surface area (Å²) in [6.45, 7) is 1.42. The van der Waals surface area contributed by atoms with Gasteiger partial charge in [0.2, 0.25) is 0 Å². The van der Waals surface area contributed by atoms with Gasteiger partial charge < -0.3 is 16.2 Å². The Hall–Kier alpha value is -1.39. The van der Waals surface area contributed by atoms with Crippen LogP contribution in [0.15, 0.2) is 24.3 Å². The van der Waals surface area contributed by atoms with Crippen LogP contribution in [0.3, 0.4) is 0 Å². The number of benzene rings is 1. The number of hydrogen-bond donors (Lipinski definition) is 3. The maximum absolute atomic E-state index is 12.4. The molecule has 0 heterocycles. The number of carbonyl (C=O) groups is 1. The van der Waals surface area contributed by atoms with Crippen LogP contribution >= 0.6 is 0 Å². The number of nitrogens with one attached hydrogen (secondary N) is 1. The molecule has 0 aromatic heterocycles. The van der Waals surface area contributed by atoms with E-state index in [0.29, 0.717) is 31.3 Å².